The zero-order valence-corrected chi connectivity index (χ0v) is 8.14. The van der Waals surface area contributed by atoms with Gasteiger partial charge < -0.3 is 16.2 Å². The Balaban J connectivity index is 2.87. The number of benzene rings is 1. The topological polar surface area (TPSA) is 86.0 Å². The first kappa shape index (κ1) is 11.0. The maximum atomic E-state index is 13.3. The molecule has 0 saturated heterocycles. The SMILES string of the molecule is COc1ccc(C=NN=C(N)N)c(F)c1. The van der Waals surface area contributed by atoms with Gasteiger partial charge in [0.15, 0.2) is 0 Å². The maximum Gasteiger partial charge on any atom is 0.211 e. The number of guanidine groups is 1. The third-order valence-corrected chi connectivity index (χ3v) is 1.58. The largest absolute Gasteiger partial charge is 0.497 e. The molecule has 1 aromatic rings. The average molecular weight is 210 g/mol. The molecule has 80 valence electrons. The van der Waals surface area contributed by atoms with Crippen LogP contribution >= 0.6 is 0 Å². The molecule has 0 fully saturated rings. The van der Waals surface area contributed by atoms with Crippen molar-refractivity contribution < 1.29 is 9.13 Å². The van der Waals surface area contributed by atoms with Crippen molar-refractivity contribution in [1.82, 2.24) is 0 Å². The summed E-state index contributed by atoms with van der Waals surface area (Å²) in [4.78, 5) is 0. The van der Waals surface area contributed by atoms with Gasteiger partial charge in [0.1, 0.15) is 11.6 Å². The van der Waals surface area contributed by atoms with Crippen LogP contribution in [0.1, 0.15) is 5.56 Å². The molecule has 15 heavy (non-hydrogen) atoms. The Labute approximate surface area is 86.2 Å². The highest BCUT2D eigenvalue weighted by molar-refractivity contribution is 5.82. The number of methoxy groups -OCH3 is 1. The van der Waals surface area contributed by atoms with Crippen LogP contribution in [-0.2, 0) is 0 Å². The van der Waals surface area contributed by atoms with Gasteiger partial charge in [-0.05, 0) is 12.1 Å². The predicted molar refractivity (Wildman–Crippen MR) is 56.4 cm³/mol. The molecule has 0 amide bonds. The Hall–Kier alpha value is -2.11. The van der Waals surface area contributed by atoms with Crippen LogP contribution in [0.4, 0.5) is 4.39 Å². The van der Waals surface area contributed by atoms with Crippen molar-refractivity contribution >= 4 is 12.2 Å². The third kappa shape index (κ3) is 3.26. The van der Waals surface area contributed by atoms with Gasteiger partial charge in [0.2, 0.25) is 5.96 Å². The van der Waals surface area contributed by atoms with E-state index in [4.69, 9.17) is 16.2 Å². The van der Waals surface area contributed by atoms with Gasteiger partial charge in [-0.3, -0.25) is 0 Å². The Bertz CT molecular complexity index is 399. The standard InChI is InChI=1S/C9H11FN4O/c1-15-7-3-2-6(8(10)4-7)5-13-14-9(11)12/h2-5H,1H3,(H4,11,12,14). The first-order valence-electron chi connectivity index (χ1n) is 4.09. The first-order chi connectivity index (χ1) is 7.13. The van der Waals surface area contributed by atoms with Gasteiger partial charge in [0.05, 0.1) is 13.3 Å². The molecule has 0 unspecified atom stereocenters. The Morgan fingerprint density at radius 2 is 2.20 bits per heavy atom. The maximum absolute atomic E-state index is 13.3. The predicted octanol–water partition coefficient (Wildman–Crippen LogP) is 0.442. The Kier molecular flexibility index (Phi) is 3.61. The van der Waals surface area contributed by atoms with Crippen LogP contribution in [0.5, 0.6) is 5.75 Å². The van der Waals surface area contributed by atoms with Crippen molar-refractivity contribution in [2.45, 2.75) is 0 Å². The van der Waals surface area contributed by atoms with Gasteiger partial charge in [-0.15, -0.1) is 5.10 Å². The molecule has 0 radical (unpaired) electrons. The molecule has 6 heteroatoms. The van der Waals surface area contributed by atoms with Crippen molar-refractivity contribution in [1.29, 1.82) is 0 Å². The molecule has 0 saturated carbocycles. The van der Waals surface area contributed by atoms with E-state index in [0.29, 0.717) is 5.75 Å². The van der Waals surface area contributed by atoms with E-state index in [9.17, 15) is 4.39 Å². The molecular weight excluding hydrogens is 199 g/mol. The van der Waals surface area contributed by atoms with Crippen LogP contribution in [0.15, 0.2) is 28.4 Å². The first-order valence-corrected chi connectivity index (χ1v) is 4.09. The number of hydrogen-bond acceptors (Lipinski definition) is 3. The molecule has 0 aliphatic heterocycles. The minimum atomic E-state index is -0.455. The molecule has 0 spiro atoms. The fraction of sp³-hybridized carbons (Fsp3) is 0.111. The molecule has 0 aliphatic rings. The summed E-state index contributed by atoms with van der Waals surface area (Å²) in [7, 11) is 1.46. The van der Waals surface area contributed by atoms with Gasteiger partial charge in [-0.25, -0.2) is 4.39 Å². The summed E-state index contributed by atoms with van der Waals surface area (Å²) in [5.41, 5.74) is 10.4. The van der Waals surface area contributed by atoms with Crippen LogP contribution in [0.25, 0.3) is 0 Å². The molecule has 0 bridgehead atoms. The molecule has 0 aromatic heterocycles. The van der Waals surface area contributed by atoms with E-state index < -0.39 is 5.82 Å². The van der Waals surface area contributed by atoms with E-state index >= 15 is 0 Å². The van der Waals surface area contributed by atoms with E-state index in [1.807, 2.05) is 0 Å². The highest BCUT2D eigenvalue weighted by Crippen LogP contribution is 2.14. The summed E-state index contributed by atoms with van der Waals surface area (Å²) in [5, 5.41) is 6.84. The van der Waals surface area contributed by atoms with Crippen molar-refractivity contribution in [3.8, 4) is 5.75 Å². The van der Waals surface area contributed by atoms with E-state index in [0.717, 1.165) is 0 Å². The summed E-state index contributed by atoms with van der Waals surface area (Å²) in [6.45, 7) is 0. The second-order valence-corrected chi connectivity index (χ2v) is 2.66. The molecule has 5 nitrogen and oxygen atoms in total. The van der Waals surface area contributed by atoms with Crippen LogP contribution < -0.4 is 16.2 Å². The van der Waals surface area contributed by atoms with Crippen LogP contribution in [0.3, 0.4) is 0 Å². The fourth-order valence-electron chi connectivity index (χ4n) is 0.897. The number of rotatable bonds is 3. The second-order valence-electron chi connectivity index (χ2n) is 2.66. The van der Waals surface area contributed by atoms with Crippen molar-refractivity contribution in [2.75, 3.05) is 7.11 Å². The smallest absolute Gasteiger partial charge is 0.211 e. The second kappa shape index (κ2) is 4.94. The van der Waals surface area contributed by atoms with Crippen molar-refractivity contribution in [3.63, 3.8) is 0 Å². The monoisotopic (exact) mass is 210 g/mol. The number of nitrogens with two attached hydrogens (primary N) is 2. The Morgan fingerprint density at radius 1 is 1.47 bits per heavy atom. The molecular formula is C9H11FN4O. The minimum absolute atomic E-state index is 0.180. The van der Waals surface area contributed by atoms with Gasteiger partial charge in [-0.1, -0.05) is 0 Å². The lowest BCUT2D eigenvalue weighted by atomic mass is 10.2. The fourth-order valence-corrected chi connectivity index (χ4v) is 0.897. The van der Waals surface area contributed by atoms with Crippen LogP contribution in [0.2, 0.25) is 0 Å². The number of hydrogen-bond donors (Lipinski definition) is 2. The lowest BCUT2D eigenvalue weighted by Crippen LogP contribution is -2.21. The molecule has 1 aromatic carbocycles. The minimum Gasteiger partial charge on any atom is -0.497 e. The number of nitrogens with zero attached hydrogens (tertiary/aromatic N) is 2. The van der Waals surface area contributed by atoms with Crippen molar-refractivity contribution in [3.05, 3.63) is 29.6 Å². The highest BCUT2D eigenvalue weighted by atomic mass is 19.1. The average Bonchev–Trinajstić information content (AvgIpc) is 2.20. The lowest BCUT2D eigenvalue weighted by molar-refractivity contribution is 0.411. The lowest BCUT2D eigenvalue weighted by Gasteiger charge is -2.00. The van der Waals surface area contributed by atoms with Gasteiger partial charge in [-0.2, -0.15) is 5.10 Å². The van der Waals surface area contributed by atoms with E-state index in [2.05, 4.69) is 10.2 Å². The normalized spacial score (nSPS) is 10.3. The number of halogens is 1. The van der Waals surface area contributed by atoms with E-state index in [1.54, 1.807) is 6.07 Å². The summed E-state index contributed by atoms with van der Waals surface area (Å²) >= 11 is 0. The van der Waals surface area contributed by atoms with Gasteiger partial charge >= 0.3 is 0 Å². The third-order valence-electron chi connectivity index (χ3n) is 1.58. The zero-order valence-electron chi connectivity index (χ0n) is 8.14. The van der Waals surface area contributed by atoms with E-state index in [-0.39, 0.29) is 11.5 Å². The number of ether oxygens (including phenoxy) is 1. The van der Waals surface area contributed by atoms with Gasteiger partial charge in [0, 0.05) is 11.6 Å². The van der Waals surface area contributed by atoms with Gasteiger partial charge in [0.25, 0.3) is 0 Å². The molecule has 0 atom stereocenters. The molecule has 4 N–H and O–H groups in total. The van der Waals surface area contributed by atoms with E-state index in [1.165, 1.54) is 25.5 Å². The Morgan fingerprint density at radius 3 is 2.73 bits per heavy atom. The summed E-state index contributed by atoms with van der Waals surface area (Å²) in [6, 6.07) is 4.37. The van der Waals surface area contributed by atoms with Crippen molar-refractivity contribution in [2.24, 2.45) is 21.7 Å². The molecule has 0 aliphatic carbocycles. The van der Waals surface area contributed by atoms with Crippen LogP contribution in [-0.4, -0.2) is 19.3 Å². The summed E-state index contributed by atoms with van der Waals surface area (Å²) < 4.78 is 18.1. The summed E-state index contributed by atoms with van der Waals surface area (Å²) in [6.07, 6.45) is 1.22. The highest BCUT2D eigenvalue weighted by Gasteiger charge is 2.00. The van der Waals surface area contributed by atoms with Crippen LogP contribution in [0, 0.1) is 5.82 Å². The molecule has 0 heterocycles. The molecule has 1 rings (SSSR count). The zero-order chi connectivity index (χ0) is 11.3. The summed E-state index contributed by atoms with van der Waals surface area (Å²) in [5.74, 6) is -0.199. The quantitative estimate of drug-likeness (QED) is 0.431.